The third-order valence-corrected chi connectivity index (χ3v) is 10.4. The fraction of sp³-hybridized carbons (Fsp3) is 0.0667. The predicted molar refractivity (Wildman–Crippen MR) is 193 cm³/mol. The lowest BCUT2D eigenvalue weighted by molar-refractivity contribution is 0.487. The van der Waals surface area contributed by atoms with Gasteiger partial charge >= 0.3 is 0 Å². The van der Waals surface area contributed by atoms with Crippen LogP contribution in [0.2, 0.25) is 0 Å². The molecular weight excluding hydrogens is 556 g/mol. The molecule has 1 aliphatic carbocycles. The fourth-order valence-electron chi connectivity index (χ4n) is 8.05. The van der Waals surface area contributed by atoms with Gasteiger partial charge in [-0.1, -0.05) is 117 Å². The average Bonchev–Trinajstić information content (AvgIpc) is 3.33. The molecule has 8 aromatic carbocycles. The maximum Gasteiger partial charge on any atom is 0.136 e. The van der Waals surface area contributed by atoms with Gasteiger partial charge in [0.15, 0.2) is 0 Å². The molecule has 0 atom stereocenters. The summed E-state index contributed by atoms with van der Waals surface area (Å²) >= 11 is 0. The van der Waals surface area contributed by atoms with Crippen molar-refractivity contribution >= 4 is 32.3 Å². The second-order valence-corrected chi connectivity index (χ2v) is 13.3. The molecule has 216 valence electrons. The molecule has 46 heavy (non-hydrogen) atoms. The molecule has 0 unspecified atom stereocenters. The monoisotopic (exact) mass is 586 g/mol. The Kier molecular flexibility index (Phi) is 5.12. The number of fused-ring (bicyclic) bond motifs is 8. The van der Waals surface area contributed by atoms with E-state index in [1.807, 2.05) is 6.07 Å². The van der Waals surface area contributed by atoms with Crippen LogP contribution in [0.4, 0.5) is 0 Å². The molecule has 8 aromatic rings. The molecule has 0 fully saturated rings. The number of para-hydroxylation sites is 1. The Balaban J connectivity index is 1.10. The summed E-state index contributed by atoms with van der Waals surface area (Å²) in [6.45, 7) is 4.69. The normalized spacial score (nSPS) is 13.8. The van der Waals surface area contributed by atoms with Gasteiger partial charge in [0.1, 0.15) is 11.5 Å². The van der Waals surface area contributed by atoms with Gasteiger partial charge in [-0.25, -0.2) is 0 Å². The van der Waals surface area contributed by atoms with E-state index < -0.39 is 0 Å². The molecule has 2 aliphatic rings. The van der Waals surface area contributed by atoms with Gasteiger partial charge in [0, 0.05) is 16.4 Å². The molecule has 0 spiro atoms. The van der Waals surface area contributed by atoms with E-state index >= 15 is 0 Å². The van der Waals surface area contributed by atoms with E-state index in [0.717, 1.165) is 17.1 Å². The van der Waals surface area contributed by atoms with E-state index in [0.29, 0.717) is 0 Å². The van der Waals surface area contributed by atoms with Crippen LogP contribution in [-0.4, -0.2) is 0 Å². The molecule has 1 nitrogen and oxygen atoms in total. The van der Waals surface area contributed by atoms with Crippen molar-refractivity contribution in [2.75, 3.05) is 0 Å². The minimum atomic E-state index is -0.00834. The van der Waals surface area contributed by atoms with Crippen LogP contribution in [0.25, 0.3) is 76.8 Å². The Morgan fingerprint density at radius 3 is 1.89 bits per heavy atom. The summed E-state index contributed by atoms with van der Waals surface area (Å²) in [6, 6.07) is 53.6. The first kappa shape index (κ1) is 25.6. The van der Waals surface area contributed by atoms with Crippen molar-refractivity contribution in [1.82, 2.24) is 0 Å². The molecule has 0 saturated heterocycles. The lowest BCUT2D eigenvalue weighted by Crippen LogP contribution is -2.14. The second-order valence-electron chi connectivity index (χ2n) is 13.3. The number of hydrogen-bond donors (Lipinski definition) is 0. The molecule has 0 saturated carbocycles. The van der Waals surface area contributed by atoms with Gasteiger partial charge < -0.3 is 4.74 Å². The topological polar surface area (TPSA) is 9.23 Å². The second kappa shape index (κ2) is 9.19. The van der Waals surface area contributed by atoms with Crippen molar-refractivity contribution in [3.63, 3.8) is 0 Å². The summed E-state index contributed by atoms with van der Waals surface area (Å²) in [5.41, 5.74) is 12.9. The number of hydrogen-bond acceptors (Lipinski definition) is 1. The Labute approximate surface area is 268 Å². The molecule has 10 rings (SSSR count). The smallest absolute Gasteiger partial charge is 0.136 e. The van der Waals surface area contributed by atoms with Crippen LogP contribution in [0.5, 0.6) is 11.5 Å². The Morgan fingerprint density at radius 1 is 0.391 bits per heavy atom. The van der Waals surface area contributed by atoms with Crippen LogP contribution in [-0.2, 0) is 5.41 Å². The van der Waals surface area contributed by atoms with E-state index in [-0.39, 0.29) is 5.41 Å². The lowest BCUT2D eigenvalue weighted by Gasteiger charge is -2.23. The van der Waals surface area contributed by atoms with Gasteiger partial charge in [0.05, 0.1) is 0 Å². The SMILES string of the molecule is CC1(C)c2ccccc2-c2ccc(-c3ccc4cc(-c5cc6c7c(cc8ccccc8c7c5)Oc5ccccc5-6)ccc4c3)cc21. The molecule has 0 bridgehead atoms. The van der Waals surface area contributed by atoms with E-state index in [1.165, 1.54) is 82.4 Å². The van der Waals surface area contributed by atoms with Gasteiger partial charge in [-0.2, -0.15) is 0 Å². The van der Waals surface area contributed by atoms with Crippen LogP contribution in [0.15, 0.2) is 146 Å². The summed E-state index contributed by atoms with van der Waals surface area (Å²) in [5.74, 6) is 1.84. The van der Waals surface area contributed by atoms with Crippen LogP contribution < -0.4 is 4.74 Å². The first-order valence-electron chi connectivity index (χ1n) is 16.1. The highest BCUT2D eigenvalue weighted by molar-refractivity contribution is 6.18. The summed E-state index contributed by atoms with van der Waals surface area (Å²) in [7, 11) is 0. The van der Waals surface area contributed by atoms with Gasteiger partial charge in [0.2, 0.25) is 0 Å². The third-order valence-electron chi connectivity index (χ3n) is 10.4. The van der Waals surface area contributed by atoms with E-state index in [2.05, 4.69) is 153 Å². The highest BCUT2D eigenvalue weighted by atomic mass is 16.5. The van der Waals surface area contributed by atoms with E-state index in [4.69, 9.17) is 4.74 Å². The Hall–Kier alpha value is -5.66. The zero-order valence-electron chi connectivity index (χ0n) is 25.8. The first-order valence-corrected chi connectivity index (χ1v) is 16.1. The van der Waals surface area contributed by atoms with Gasteiger partial charge in [0.25, 0.3) is 0 Å². The maximum atomic E-state index is 6.46. The minimum Gasteiger partial charge on any atom is -0.456 e. The third kappa shape index (κ3) is 3.57. The Bertz CT molecular complexity index is 2590. The number of rotatable bonds is 2. The standard InChI is InChI=1S/C45H30O/c1-45(2)40-13-7-5-11-35(40)36-20-19-31(25-41(36)45)29-16-15-28-22-30(18-17-27(28)21-29)33-23-38-34-10-4-3-9-32(34)26-43-44(38)39(24-33)37-12-6-8-14-42(37)46-43/h3-26H,1-2H3. The van der Waals surface area contributed by atoms with E-state index in [1.54, 1.807) is 0 Å². The van der Waals surface area contributed by atoms with Gasteiger partial charge in [-0.3, -0.25) is 0 Å². The first-order chi connectivity index (χ1) is 22.5. The molecule has 0 aromatic heterocycles. The summed E-state index contributed by atoms with van der Waals surface area (Å²) in [6.07, 6.45) is 0. The maximum absolute atomic E-state index is 6.46. The zero-order valence-corrected chi connectivity index (χ0v) is 25.8. The van der Waals surface area contributed by atoms with Crippen LogP contribution in [0.1, 0.15) is 25.0 Å². The van der Waals surface area contributed by atoms with Crippen molar-refractivity contribution in [1.29, 1.82) is 0 Å². The van der Waals surface area contributed by atoms with Crippen LogP contribution in [0, 0.1) is 0 Å². The van der Waals surface area contributed by atoms with Crippen molar-refractivity contribution in [3.05, 3.63) is 157 Å². The lowest BCUT2D eigenvalue weighted by atomic mass is 9.81. The molecule has 0 N–H and O–H groups in total. The van der Waals surface area contributed by atoms with Crippen LogP contribution >= 0.6 is 0 Å². The highest BCUT2D eigenvalue weighted by Gasteiger charge is 2.35. The molecular formula is C45H30O. The van der Waals surface area contributed by atoms with Gasteiger partial charge in [-0.15, -0.1) is 0 Å². The van der Waals surface area contributed by atoms with Gasteiger partial charge in [-0.05, 0) is 119 Å². The van der Waals surface area contributed by atoms with Crippen molar-refractivity contribution < 1.29 is 4.74 Å². The largest absolute Gasteiger partial charge is 0.456 e. The summed E-state index contributed by atoms with van der Waals surface area (Å²) in [5, 5.41) is 7.35. The molecule has 0 amide bonds. The van der Waals surface area contributed by atoms with Crippen molar-refractivity contribution in [2.24, 2.45) is 0 Å². The minimum absolute atomic E-state index is 0.00834. The number of benzene rings is 8. The van der Waals surface area contributed by atoms with Crippen LogP contribution in [0.3, 0.4) is 0 Å². The average molecular weight is 587 g/mol. The fourth-order valence-corrected chi connectivity index (χ4v) is 8.05. The summed E-state index contributed by atoms with van der Waals surface area (Å²) in [4.78, 5) is 0. The zero-order chi connectivity index (χ0) is 30.6. The molecule has 1 heterocycles. The van der Waals surface area contributed by atoms with Crippen molar-refractivity contribution in [3.8, 4) is 56.0 Å². The summed E-state index contributed by atoms with van der Waals surface area (Å²) < 4.78 is 6.46. The Morgan fingerprint density at radius 2 is 1.04 bits per heavy atom. The molecule has 1 aliphatic heterocycles. The highest BCUT2D eigenvalue weighted by Crippen LogP contribution is 2.51. The predicted octanol–water partition coefficient (Wildman–Crippen LogP) is 12.6. The molecule has 1 heteroatoms. The van der Waals surface area contributed by atoms with Crippen molar-refractivity contribution in [2.45, 2.75) is 19.3 Å². The quantitative estimate of drug-likeness (QED) is 0.183. The molecule has 0 radical (unpaired) electrons. The number of ether oxygens (including phenoxy) is 1. The van der Waals surface area contributed by atoms with E-state index in [9.17, 15) is 0 Å².